The first-order valence-electron chi connectivity index (χ1n) is 12.1. The zero-order chi connectivity index (χ0) is 23.7. The second kappa shape index (κ2) is 9.52. The van der Waals surface area contributed by atoms with E-state index in [1.807, 2.05) is 12.1 Å². The van der Waals surface area contributed by atoms with Crippen LogP contribution in [-0.2, 0) is 12.7 Å². The van der Waals surface area contributed by atoms with Crippen molar-refractivity contribution < 1.29 is 17.9 Å². The molecule has 5 rings (SSSR count). The van der Waals surface area contributed by atoms with Crippen LogP contribution < -0.4 is 4.74 Å². The summed E-state index contributed by atoms with van der Waals surface area (Å²) in [7, 11) is 0. The normalized spacial score (nSPS) is 22.8. The molecule has 1 saturated carbocycles. The van der Waals surface area contributed by atoms with Gasteiger partial charge in [0, 0.05) is 12.5 Å². The molecule has 0 radical (unpaired) electrons. The molecule has 2 aromatic carbocycles. The standard InChI is InChI=1S/C25H30F3N5O/c1-16-2-6-20(7-3-16)34-22-9-5-19-14-17(4-8-21(19)23(22)25(26,27)28)15-33-12-10-18(11-13-33)24-29-31-32-30-24/h4-5,8-9,14,16,18,20H,2-3,6-7,10-13,15H2,1H3,(H,29,30,31,32)/t16-,20+. The number of hydrogen-bond donors (Lipinski definition) is 1. The minimum absolute atomic E-state index is 0.0455. The van der Waals surface area contributed by atoms with Crippen molar-refractivity contribution in [1.29, 1.82) is 0 Å². The van der Waals surface area contributed by atoms with Gasteiger partial charge in [0.15, 0.2) is 5.82 Å². The highest BCUT2D eigenvalue weighted by molar-refractivity contribution is 5.89. The summed E-state index contributed by atoms with van der Waals surface area (Å²) in [5, 5.41) is 15.1. The molecule has 0 bridgehead atoms. The van der Waals surface area contributed by atoms with Crippen LogP contribution in [0.1, 0.15) is 68.3 Å². The van der Waals surface area contributed by atoms with E-state index in [0.29, 0.717) is 23.8 Å². The lowest BCUT2D eigenvalue weighted by molar-refractivity contribution is -0.138. The molecule has 182 valence electrons. The highest BCUT2D eigenvalue weighted by Crippen LogP contribution is 2.43. The Labute approximate surface area is 196 Å². The van der Waals surface area contributed by atoms with Crippen molar-refractivity contribution in [3.63, 3.8) is 0 Å². The van der Waals surface area contributed by atoms with Gasteiger partial charge in [0.25, 0.3) is 0 Å². The van der Waals surface area contributed by atoms with Crippen LogP contribution in [0.2, 0.25) is 0 Å². The molecule has 3 aromatic rings. The Bertz CT molecular complexity index is 1100. The number of benzene rings is 2. The summed E-state index contributed by atoms with van der Waals surface area (Å²) >= 11 is 0. The molecule has 1 saturated heterocycles. The first kappa shape index (κ1) is 23.1. The molecule has 9 heteroatoms. The van der Waals surface area contributed by atoms with Gasteiger partial charge in [-0.15, -0.1) is 10.2 Å². The number of halogens is 3. The fourth-order valence-corrected chi connectivity index (χ4v) is 5.33. The number of likely N-dealkylation sites (tertiary alicyclic amines) is 1. The van der Waals surface area contributed by atoms with Crippen molar-refractivity contribution in [3.8, 4) is 5.75 Å². The van der Waals surface area contributed by atoms with E-state index < -0.39 is 11.7 Å². The molecule has 34 heavy (non-hydrogen) atoms. The molecule has 0 spiro atoms. The van der Waals surface area contributed by atoms with Crippen LogP contribution in [0.25, 0.3) is 10.8 Å². The lowest BCUT2D eigenvalue weighted by Crippen LogP contribution is -2.32. The molecule has 1 aromatic heterocycles. The highest BCUT2D eigenvalue weighted by Gasteiger charge is 2.37. The Morgan fingerprint density at radius 2 is 1.79 bits per heavy atom. The van der Waals surface area contributed by atoms with Gasteiger partial charge < -0.3 is 4.74 Å². The second-order valence-corrected chi connectivity index (χ2v) is 9.81. The largest absolute Gasteiger partial charge is 0.490 e. The molecule has 2 heterocycles. The summed E-state index contributed by atoms with van der Waals surface area (Å²) in [5.41, 5.74) is 0.352. The third-order valence-electron chi connectivity index (χ3n) is 7.31. The highest BCUT2D eigenvalue weighted by atomic mass is 19.4. The summed E-state index contributed by atoms with van der Waals surface area (Å²) in [5.74, 6) is 1.62. The number of nitrogens with zero attached hydrogens (tertiary/aromatic N) is 4. The summed E-state index contributed by atoms with van der Waals surface area (Å²) in [6, 6.07) is 8.56. The predicted octanol–water partition coefficient (Wildman–Crippen LogP) is 5.71. The van der Waals surface area contributed by atoms with Crippen LogP contribution in [0.15, 0.2) is 30.3 Å². The topological polar surface area (TPSA) is 66.9 Å². The van der Waals surface area contributed by atoms with E-state index >= 15 is 0 Å². The van der Waals surface area contributed by atoms with E-state index in [4.69, 9.17) is 4.74 Å². The number of alkyl halides is 3. The van der Waals surface area contributed by atoms with E-state index in [0.717, 1.165) is 63.0 Å². The average Bonchev–Trinajstić information content (AvgIpc) is 3.35. The fourth-order valence-electron chi connectivity index (χ4n) is 5.33. The van der Waals surface area contributed by atoms with Gasteiger partial charge in [0.1, 0.15) is 11.3 Å². The molecule has 1 aliphatic carbocycles. The molecule has 1 N–H and O–H groups in total. The van der Waals surface area contributed by atoms with E-state index in [2.05, 4.69) is 32.4 Å². The first-order valence-corrected chi connectivity index (χ1v) is 12.1. The van der Waals surface area contributed by atoms with E-state index in [1.54, 1.807) is 12.1 Å². The van der Waals surface area contributed by atoms with Gasteiger partial charge in [-0.25, -0.2) is 0 Å². The minimum atomic E-state index is -4.48. The number of aromatic nitrogens is 4. The molecule has 1 aliphatic heterocycles. The average molecular weight is 474 g/mol. The lowest BCUT2D eigenvalue weighted by Gasteiger charge is -2.30. The smallest absolute Gasteiger partial charge is 0.420 e. The van der Waals surface area contributed by atoms with Gasteiger partial charge in [-0.1, -0.05) is 30.3 Å². The number of nitrogens with one attached hydrogen (secondary N) is 1. The predicted molar refractivity (Wildman–Crippen MR) is 122 cm³/mol. The van der Waals surface area contributed by atoms with Crippen molar-refractivity contribution in [3.05, 3.63) is 47.3 Å². The zero-order valence-corrected chi connectivity index (χ0v) is 19.3. The van der Waals surface area contributed by atoms with Crippen molar-refractivity contribution in [1.82, 2.24) is 25.5 Å². The maximum atomic E-state index is 14.1. The molecule has 0 amide bonds. The number of piperidine rings is 1. The summed E-state index contributed by atoms with van der Waals surface area (Å²) < 4.78 is 48.3. The maximum absolute atomic E-state index is 14.1. The lowest BCUT2D eigenvalue weighted by atomic mass is 9.89. The van der Waals surface area contributed by atoms with Crippen molar-refractivity contribution in [2.45, 2.75) is 70.2 Å². The zero-order valence-electron chi connectivity index (χ0n) is 19.3. The number of fused-ring (bicyclic) bond motifs is 1. The Morgan fingerprint density at radius 1 is 1.03 bits per heavy atom. The molecule has 6 nitrogen and oxygen atoms in total. The number of rotatable bonds is 5. The van der Waals surface area contributed by atoms with Crippen molar-refractivity contribution in [2.24, 2.45) is 5.92 Å². The third kappa shape index (κ3) is 5.04. The van der Waals surface area contributed by atoms with Gasteiger partial charge in [-0.05, 0) is 86.0 Å². The quantitative estimate of drug-likeness (QED) is 0.514. The SMILES string of the molecule is C[C@H]1CC[C@@H](Oc2ccc3cc(CN4CCC(c5nn[nH]n5)CC4)ccc3c2C(F)(F)F)CC1. The third-order valence-corrected chi connectivity index (χ3v) is 7.31. The molecular formula is C25H30F3N5O. The summed E-state index contributed by atoms with van der Waals surface area (Å²) in [6.07, 6.45) is 0.847. The van der Waals surface area contributed by atoms with E-state index in [9.17, 15) is 13.2 Å². The van der Waals surface area contributed by atoms with Crippen LogP contribution >= 0.6 is 0 Å². The van der Waals surface area contributed by atoms with E-state index in [1.165, 1.54) is 6.07 Å². The minimum Gasteiger partial charge on any atom is -0.490 e. The van der Waals surface area contributed by atoms with Crippen LogP contribution in [0.5, 0.6) is 5.75 Å². The monoisotopic (exact) mass is 473 g/mol. The fraction of sp³-hybridized carbons (Fsp3) is 0.560. The van der Waals surface area contributed by atoms with Gasteiger partial charge in [-0.3, -0.25) is 4.90 Å². The molecule has 0 atom stereocenters. The van der Waals surface area contributed by atoms with Crippen molar-refractivity contribution >= 4 is 10.8 Å². The summed E-state index contributed by atoms with van der Waals surface area (Å²) in [6.45, 7) is 4.66. The number of ether oxygens (including phenoxy) is 1. The number of H-pyrrole nitrogens is 1. The van der Waals surface area contributed by atoms with Crippen LogP contribution in [0.4, 0.5) is 13.2 Å². The molecule has 2 aliphatic rings. The molecule has 0 unspecified atom stereocenters. The van der Waals surface area contributed by atoms with Crippen LogP contribution in [0, 0.1) is 5.92 Å². The van der Waals surface area contributed by atoms with Crippen LogP contribution in [-0.4, -0.2) is 44.7 Å². The number of aromatic amines is 1. The number of tetrazole rings is 1. The van der Waals surface area contributed by atoms with E-state index in [-0.39, 0.29) is 17.2 Å². The van der Waals surface area contributed by atoms with Crippen molar-refractivity contribution in [2.75, 3.05) is 13.1 Å². The Morgan fingerprint density at radius 3 is 2.47 bits per heavy atom. The first-order chi connectivity index (χ1) is 16.4. The van der Waals surface area contributed by atoms with Crippen LogP contribution in [0.3, 0.4) is 0 Å². The van der Waals surface area contributed by atoms with Gasteiger partial charge in [0.05, 0.1) is 6.10 Å². The summed E-state index contributed by atoms with van der Waals surface area (Å²) in [4.78, 5) is 2.32. The second-order valence-electron chi connectivity index (χ2n) is 9.81. The van der Waals surface area contributed by atoms with Gasteiger partial charge in [0.2, 0.25) is 0 Å². The maximum Gasteiger partial charge on any atom is 0.420 e. The van der Waals surface area contributed by atoms with Gasteiger partial charge >= 0.3 is 6.18 Å². The van der Waals surface area contributed by atoms with Gasteiger partial charge in [-0.2, -0.15) is 18.4 Å². The molecular weight excluding hydrogens is 443 g/mol. The molecule has 2 fully saturated rings. The Hall–Kier alpha value is -2.68. The Kier molecular flexibility index (Phi) is 6.46. The Balaban J connectivity index is 1.32. The number of hydrogen-bond acceptors (Lipinski definition) is 5.